The maximum absolute atomic E-state index is 14.2. The molecule has 2 unspecified atom stereocenters. The third-order valence-corrected chi connectivity index (χ3v) is 4.65. The second-order valence-corrected chi connectivity index (χ2v) is 6.11. The van der Waals surface area contributed by atoms with Crippen LogP contribution in [0.2, 0.25) is 0 Å². The highest BCUT2D eigenvalue weighted by atomic mass is 19.1. The van der Waals surface area contributed by atoms with Gasteiger partial charge >= 0.3 is 0 Å². The van der Waals surface area contributed by atoms with Crippen LogP contribution >= 0.6 is 0 Å². The zero-order valence-corrected chi connectivity index (χ0v) is 12.5. The first kappa shape index (κ1) is 14.3. The number of fused-ring (bicyclic) bond motifs is 1. The number of benzene rings is 2. The van der Waals surface area contributed by atoms with Crippen molar-refractivity contribution >= 4 is 0 Å². The number of hydrogen-bond donors (Lipinski definition) is 1. The molecule has 3 rings (SSSR count). The lowest BCUT2D eigenvalue weighted by Gasteiger charge is -2.28. The van der Waals surface area contributed by atoms with Gasteiger partial charge < -0.3 is 5.73 Å². The van der Waals surface area contributed by atoms with Crippen LogP contribution in [0.5, 0.6) is 0 Å². The second-order valence-electron chi connectivity index (χ2n) is 6.11. The van der Waals surface area contributed by atoms with E-state index in [4.69, 9.17) is 5.73 Å². The number of hydrogen-bond acceptors (Lipinski definition) is 1. The normalized spacial score (nSPS) is 19.1. The van der Waals surface area contributed by atoms with E-state index < -0.39 is 0 Å². The Morgan fingerprint density at radius 2 is 2.00 bits per heavy atom. The first-order valence-electron chi connectivity index (χ1n) is 7.75. The summed E-state index contributed by atoms with van der Waals surface area (Å²) < 4.78 is 14.2. The van der Waals surface area contributed by atoms with E-state index in [0.717, 1.165) is 19.3 Å². The number of nitrogens with two attached hydrogens (primary N) is 1. The van der Waals surface area contributed by atoms with Gasteiger partial charge in [-0.15, -0.1) is 0 Å². The van der Waals surface area contributed by atoms with Gasteiger partial charge in [0.2, 0.25) is 0 Å². The minimum absolute atomic E-state index is 0.144. The molecule has 0 fully saturated rings. The summed E-state index contributed by atoms with van der Waals surface area (Å²) in [6.07, 6.45) is 4.32. The molecule has 0 amide bonds. The average Bonchev–Trinajstić information content (AvgIpc) is 2.50. The van der Waals surface area contributed by atoms with Crippen molar-refractivity contribution in [1.29, 1.82) is 0 Å². The lowest BCUT2D eigenvalue weighted by atomic mass is 9.79. The van der Waals surface area contributed by atoms with E-state index in [9.17, 15) is 4.39 Å². The van der Waals surface area contributed by atoms with Crippen LogP contribution in [0.25, 0.3) is 0 Å². The largest absolute Gasteiger partial charge is 0.324 e. The highest BCUT2D eigenvalue weighted by molar-refractivity contribution is 5.34. The minimum atomic E-state index is -0.235. The van der Waals surface area contributed by atoms with E-state index in [2.05, 4.69) is 24.3 Å². The van der Waals surface area contributed by atoms with E-state index >= 15 is 0 Å². The Bertz CT molecular complexity index is 635. The minimum Gasteiger partial charge on any atom is -0.324 e. The quantitative estimate of drug-likeness (QED) is 0.872. The van der Waals surface area contributed by atoms with Crippen LogP contribution in [0.4, 0.5) is 4.39 Å². The van der Waals surface area contributed by atoms with Gasteiger partial charge in [0.1, 0.15) is 5.82 Å². The van der Waals surface area contributed by atoms with Gasteiger partial charge in [-0.2, -0.15) is 0 Å². The van der Waals surface area contributed by atoms with E-state index in [-0.39, 0.29) is 11.9 Å². The Morgan fingerprint density at radius 3 is 2.86 bits per heavy atom. The van der Waals surface area contributed by atoms with Crippen molar-refractivity contribution in [2.75, 3.05) is 0 Å². The molecule has 2 aromatic carbocycles. The maximum atomic E-state index is 14.2. The van der Waals surface area contributed by atoms with Crippen molar-refractivity contribution in [2.45, 2.75) is 44.6 Å². The molecule has 0 radical (unpaired) electrons. The topological polar surface area (TPSA) is 26.0 Å². The molecule has 0 saturated heterocycles. The summed E-state index contributed by atoms with van der Waals surface area (Å²) in [5.41, 5.74) is 10.5. The molecule has 110 valence electrons. The van der Waals surface area contributed by atoms with Gasteiger partial charge in [-0.1, -0.05) is 42.5 Å². The molecule has 2 atom stereocenters. The fourth-order valence-corrected chi connectivity index (χ4v) is 3.49. The average molecular weight is 283 g/mol. The Labute approximate surface area is 126 Å². The summed E-state index contributed by atoms with van der Waals surface area (Å²) in [6.45, 7) is 1.79. The monoisotopic (exact) mass is 283 g/mol. The highest BCUT2D eigenvalue weighted by Gasteiger charge is 2.23. The second kappa shape index (κ2) is 5.98. The molecule has 2 N–H and O–H groups in total. The predicted molar refractivity (Wildman–Crippen MR) is 84.8 cm³/mol. The van der Waals surface area contributed by atoms with Crippen molar-refractivity contribution in [3.8, 4) is 0 Å². The van der Waals surface area contributed by atoms with Crippen molar-refractivity contribution in [1.82, 2.24) is 0 Å². The zero-order valence-electron chi connectivity index (χ0n) is 12.5. The fourth-order valence-electron chi connectivity index (χ4n) is 3.49. The standard InChI is InChI=1S/C19H22FN/c1-13-6-4-11-17(19(13)20)18(21)12-15-9-5-8-14-7-2-3-10-16(14)15/h2-4,6-7,10-11,15,18H,5,8-9,12,21H2,1H3. The maximum Gasteiger partial charge on any atom is 0.130 e. The molecule has 0 spiro atoms. The Kier molecular flexibility index (Phi) is 4.07. The van der Waals surface area contributed by atoms with Crippen LogP contribution in [0.3, 0.4) is 0 Å². The van der Waals surface area contributed by atoms with Gasteiger partial charge in [0, 0.05) is 11.6 Å². The fraction of sp³-hybridized carbons (Fsp3) is 0.368. The van der Waals surface area contributed by atoms with Crippen molar-refractivity contribution in [3.05, 3.63) is 70.5 Å². The van der Waals surface area contributed by atoms with Gasteiger partial charge in [-0.3, -0.25) is 0 Å². The van der Waals surface area contributed by atoms with Crippen LogP contribution < -0.4 is 5.73 Å². The van der Waals surface area contributed by atoms with Gasteiger partial charge in [0.15, 0.2) is 0 Å². The highest BCUT2D eigenvalue weighted by Crippen LogP contribution is 2.37. The molecule has 1 nitrogen and oxygen atoms in total. The van der Waals surface area contributed by atoms with Crippen LogP contribution in [0.1, 0.15) is 53.5 Å². The first-order chi connectivity index (χ1) is 10.2. The van der Waals surface area contributed by atoms with Crippen LogP contribution in [-0.2, 0) is 6.42 Å². The summed E-state index contributed by atoms with van der Waals surface area (Å²) >= 11 is 0. The van der Waals surface area contributed by atoms with E-state index in [0.29, 0.717) is 17.0 Å². The SMILES string of the molecule is Cc1cccc(C(N)CC2CCCc3ccccc32)c1F. The van der Waals surface area contributed by atoms with E-state index in [1.807, 2.05) is 12.1 Å². The number of rotatable bonds is 3. The van der Waals surface area contributed by atoms with Gasteiger partial charge in [0.25, 0.3) is 0 Å². The lowest BCUT2D eigenvalue weighted by Crippen LogP contribution is -2.19. The summed E-state index contributed by atoms with van der Waals surface area (Å²) in [5.74, 6) is 0.305. The van der Waals surface area contributed by atoms with E-state index in [1.54, 1.807) is 13.0 Å². The third-order valence-electron chi connectivity index (χ3n) is 4.65. The zero-order chi connectivity index (χ0) is 14.8. The third kappa shape index (κ3) is 2.86. The molecule has 0 aromatic heterocycles. The summed E-state index contributed by atoms with van der Waals surface area (Å²) in [7, 11) is 0. The molecule has 2 heteroatoms. The first-order valence-corrected chi connectivity index (χ1v) is 7.75. The molecular weight excluding hydrogens is 261 g/mol. The molecule has 1 aliphatic carbocycles. The van der Waals surface area contributed by atoms with Crippen molar-refractivity contribution < 1.29 is 4.39 Å². The Morgan fingerprint density at radius 1 is 1.19 bits per heavy atom. The Balaban J connectivity index is 1.83. The van der Waals surface area contributed by atoms with Crippen molar-refractivity contribution in [3.63, 3.8) is 0 Å². The molecular formula is C19H22FN. The molecule has 0 bridgehead atoms. The van der Waals surface area contributed by atoms with Crippen LogP contribution in [0.15, 0.2) is 42.5 Å². The van der Waals surface area contributed by atoms with Crippen LogP contribution in [0, 0.1) is 12.7 Å². The van der Waals surface area contributed by atoms with Gasteiger partial charge in [0.05, 0.1) is 0 Å². The van der Waals surface area contributed by atoms with E-state index in [1.165, 1.54) is 17.5 Å². The van der Waals surface area contributed by atoms with Crippen LogP contribution in [-0.4, -0.2) is 0 Å². The molecule has 2 aromatic rings. The molecule has 0 heterocycles. The summed E-state index contributed by atoms with van der Waals surface area (Å²) in [6, 6.07) is 13.9. The number of aryl methyl sites for hydroxylation is 2. The van der Waals surface area contributed by atoms with Crippen molar-refractivity contribution in [2.24, 2.45) is 5.73 Å². The van der Waals surface area contributed by atoms with Gasteiger partial charge in [-0.05, 0) is 55.2 Å². The molecule has 0 saturated carbocycles. The smallest absolute Gasteiger partial charge is 0.130 e. The van der Waals surface area contributed by atoms with Gasteiger partial charge in [-0.25, -0.2) is 4.39 Å². The lowest BCUT2D eigenvalue weighted by molar-refractivity contribution is 0.464. The molecule has 1 aliphatic rings. The Hall–Kier alpha value is -1.67. The predicted octanol–water partition coefficient (Wildman–Crippen LogP) is 4.64. The molecule has 0 aliphatic heterocycles. The summed E-state index contributed by atoms with van der Waals surface area (Å²) in [5, 5.41) is 0. The summed E-state index contributed by atoms with van der Waals surface area (Å²) in [4.78, 5) is 0. The molecule has 21 heavy (non-hydrogen) atoms. The number of halogens is 1.